The van der Waals surface area contributed by atoms with Crippen LogP contribution in [0.5, 0.6) is 0 Å². The van der Waals surface area contributed by atoms with E-state index in [1.165, 1.54) is 18.4 Å². The minimum absolute atomic E-state index is 0.00778. The van der Waals surface area contributed by atoms with E-state index in [2.05, 4.69) is 0 Å². The van der Waals surface area contributed by atoms with Gasteiger partial charge in [0.15, 0.2) is 5.78 Å². The minimum Gasteiger partial charge on any atom is -0.395 e. The summed E-state index contributed by atoms with van der Waals surface area (Å²) in [7, 11) is 0. The molecule has 0 amide bonds. The summed E-state index contributed by atoms with van der Waals surface area (Å²) in [5.41, 5.74) is 1.21. The van der Waals surface area contributed by atoms with Gasteiger partial charge in [0.05, 0.1) is 6.61 Å². The SMILES string of the molecule is O=C1C=C2CCCC[C@@]2(CO)CC1. The lowest BCUT2D eigenvalue weighted by Gasteiger charge is -2.40. The Balaban J connectivity index is 2.30. The van der Waals surface area contributed by atoms with Crippen molar-refractivity contribution in [3.63, 3.8) is 0 Å². The number of aliphatic hydroxyl groups excluding tert-OH is 1. The van der Waals surface area contributed by atoms with Crippen LogP contribution in [0.4, 0.5) is 0 Å². The molecule has 0 aromatic heterocycles. The quantitative estimate of drug-likeness (QED) is 0.668. The van der Waals surface area contributed by atoms with Crippen LogP contribution in [0.1, 0.15) is 38.5 Å². The fourth-order valence-electron chi connectivity index (χ4n) is 2.60. The molecule has 1 atom stereocenters. The molecule has 0 bridgehead atoms. The lowest BCUT2D eigenvalue weighted by molar-refractivity contribution is -0.116. The fraction of sp³-hybridized carbons (Fsp3) is 0.727. The van der Waals surface area contributed by atoms with E-state index < -0.39 is 0 Å². The maximum Gasteiger partial charge on any atom is 0.155 e. The smallest absolute Gasteiger partial charge is 0.155 e. The lowest BCUT2D eigenvalue weighted by atomic mass is 9.65. The van der Waals surface area contributed by atoms with Gasteiger partial charge in [0, 0.05) is 11.8 Å². The van der Waals surface area contributed by atoms with Crippen molar-refractivity contribution in [1.29, 1.82) is 0 Å². The van der Waals surface area contributed by atoms with Gasteiger partial charge in [-0.3, -0.25) is 4.79 Å². The molecule has 0 heterocycles. The number of ketones is 1. The highest BCUT2D eigenvalue weighted by Gasteiger charge is 2.38. The van der Waals surface area contributed by atoms with Gasteiger partial charge in [0.25, 0.3) is 0 Å². The molecule has 0 saturated heterocycles. The highest BCUT2D eigenvalue weighted by atomic mass is 16.3. The summed E-state index contributed by atoms with van der Waals surface area (Å²) in [6.45, 7) is 0.228. The maximum absolute atomic E-state index is 11.2. The Labute approximate surface area is 78.6 Å². The molecular weight excluding hydrogens is 164 g/mol. The molecule has 2 aliphatic carbocycles. The van der Waals surface area contributed by atoms with E-state index in [9.17, 15) is 9.90 Å². The topological polar surface area (TPSA) is 37.3 Å². The van der Waals surface area contributed by atoms with Crippen LogP contribution in [0.25, 0.3) is 0 Å². The highest BCUT2D eigenvalue weighted by molar-refractivity contribution is 5.91. The molecule has 1 N–H and O–H groups in total. The molecule has 0 spiro atoms. The molecule has 13 heavy (non-hydrogen) atoms. The van der Waals surface area contributed by atoms with E-state index in [4.69, 9.17) is 0 Å². The first-order valence-electron chi connectivity index (χ1n) is 5.12. The first-order valence-corrected chi connectivity index (χ1v) is 5.12. The summed E-state index contributed by atoms with van der Waals surface area (Å²) in [6.07, 6.45) is 7.76. The Bertz CT molecular complexity index is 255. The monoisotopic (exact) mass is 180 g/mol. The van der Waals surface area contributed by atoms with Crippen LogP contribution < -0.4 is 0 Å². The third-order valence-corrected chi connectivity index (χ3v) is 3.52. The summed E-state index contributed by atoms with van der Waals surface area (Å²) < 4.78 is 0. The zero-order valence-corrected chi connectivity index (χ0v) is 7.88. The average molecular weight is 180 g/mol. The van der Waals surface area contributed by atoms with Gasteiger partial charge in [-0.1, -0.05) is 12.0 Å². The third-order valence-electron chi connectivity index (χ3n) is 3.52. The van der Waals surface area contributed by atoms with Crippen LogP contribution in [0.3, 0.4) is 0 Å². The molecule has 72 valence electrons. The van der Waals surface area contributed by atoms with E-state index in [0.29, 0.717) is 6.42 Å². The Kier molecular flexibility index (Phi) is 2.24. The third kappa shape index (κ3) is 1.44. The summed E-state index contributed by atoms with van der Waals surface area (Å²) in [5, 5.41) is 9.41. The molecule has 2 aliphatic rings. The van der Waals surface area contributed by atoms with E-state index in [-0.39, 0.29) is 17.8 Å². The Morgan fingerprint density at radius 3 is 2.92 bits per heavy atom. The summed E-state index contributed by atoms with van der Waals surface area (Å²) in [5.74, 6) is 0.251. The van der Waals surface area contributed by atoms with Gasteiger partial charge >= 0.3 is 0 Å². The number of fused-ring (bicyclic) bond motifs is 1. The van der Waals surface area contributed by atoms with Gasteiger partial charge in [0.1, 0.15) is 0 Å². The number of hydrogen-bond acceptors (Lipinski definition) is 2. The number of allylic oxidation sites excluding steroid dienone is 1. The van der Waals surface area contributed by atoms with Crippen molar-refractivity contribution in [1.82, 2.24) is 0 Å². The Hall–Kier alpha value is -0.630. The second-order valence-electron chi connectivity index (χ2n) is 4.28. The predicted molar refractivity (Wildman–Crippen MR) is 50.3 cm³/mol. The predicted octanol–water partition coefficient (Wildman–Crippen LogP) is 1.83. The normalized spacial score (nSPS) is 33.9. The Morgan fingerprint density at radius 1 is 1.31 bits per heavy atom. The van der Waals surface area contributed by atoms with E-state index in [0.717, 1.165) is 19.3 Å². The second-order valence-corrected chi connectivity index (χ2v) is 4.28. The number of aliphatic hydroxyl groups is 1. The molecule has 2 nitrogen and oxygen atoms in total. The molecular formula is C11H16O2. The van der Waals surface area contributed by atoms with Gasteiger partial charge < -0.3 is 5.11 Å². The van der Waals surface area contributed by atoms with Gasteiger partial charge in [-0.15, -0.1) is 0 Å². The number of carbonyl (C=O) groups excluding carboxylic acids is 1. The number of hydrogen-bond donors (Lipinski definition) is 1. The van der Waals surface area contributed by atoms with Crippen molar-refractivity contribution >= 4 is 5.78 Å². The van der Waals surface area contributed by atoms with Crippen molar-refractivity contribution in [3.8, 4) is 0 Å². The molecule has 2 rings (SSSR count). The van der Waals surface area contributed by atoms with Crippen LogP contribution in [0, 0.1) is 5.41 Å². The molecule has 0 aliphatic heterocycles. The number of rotatable bonds is 1. The average Bonchev–Trinajstić information content (AvgIpc) is 2.18. The van der Waals surface area contributed by atoms with Crippen LogP contribution in [-0.2, 0) is 4.79 Å². The van der Waals surface area contributed by atoms with Crippen LogP contribution >= 0.6 is 0 Å². The van der Waals surface area contributed by atoms with Crippen molar-refractivity contribution in [2.75, 3.05) is 6.61 Å². The summed E-state index contributed by atoms with van der Waals surface area (Å²) in [4.78, 5) is 11.2. The maximum atomic E-state index is 11.2. The molecule has 1 fully saturated rings. The number of carbonyl (C=O) groups is 1. The molecule has 0 aromatic carbocycles. The van der Waals surface area contributed by atoms with Crippen molar-refractivity contribution in [3.05, 3.63) is 11.6 Å². The molecule has 1 saturated carbocycles. The zero-order chi connectivity index (χ0) is 9.31. The van der Waals surface area contributed by atoms with Crippen molar-refractivity contribution in [2.45, 2.75) is 38.5 Å². The van der Waals surface area contributed by atoms with E-state index in [1.54, 1.807) is 6.08 Å². The summed E-state index contributed by atoms with van der Waals surface area (Å²) >= 11 is 0. The second kappa shape index (κ2) is 3.26. The van der Waals surface area contributed by atoms with E-state index in [1.807, 2.05) is 0 Å². The zero-order valence-electron chi connectivity index (χ0n) is 7.88. The van der Waals surface area contributed by atoms with Gasteiger partial charge in [-0.25, -0.2) is 0 Å². The van der Waals surface area contributed by atoms with E-state index >= 15 is 0 Å². The first-order chi connectivity index (χ1) is 6.27. The van der Waals surface area contributed by atoms with Crippen LogP contribution in [0.2, 0.25) is 0 Å². The Morgan fingerprint density at radius 2 is 2.15 bits per heavy atom. The molecule has 0 radical (unpaired) electrons. The molecule has 2 heteroatoms. The largest absolute Gasteiger partial charge is 0.395 e. The standard InChI is InChI=1S/C11H16O2/c12-8-11-5-2-1-3-9(11)7-10(13)4-6-11/h7,12H,1-6,8H2/t11-/m0/s1. The van der Waals surface area contributed by atoms with Crippen molar-refractivity contribution < 1.29 is 9.90 Å². The molecule has 0 aromatic rings. The molecule has 0 unspecified atom stereocenters. The lowest BCUT2D eigenvalue weighted by Crippen LogP contribution is -2.34. The van der Waals surface area contributed by atoms with Crippen LogP contribution in [0.15, 0.2) is 11.6 Å². The van der Waals surface area contributed by atoms with Gasteiger partial charge in [-0.05, 0) is 31.8 Å². The van der Waals surface area contributed by atoms with Gasteiger partial charge in [0.2, 0.25) is 0 Å². The van der Waals surface area contributed by atoms with Crippen LogP contribution in [-0.4, -0.2) is 17.5 Å². The van der Waals surface area contributed by atoms with Gasteiger partial charge in [-0.2, -0.15) is 0 Å². The fourth-order valence-corrected chi connectivity index (χ4v) is 2.60. The first kappa shape index (κ1) is 8.95. The minimum atomic E-state index is -0.00778. The van der Waals surface area contributed by atoms with Crippen molar-refractivity contribution in [2.24, 2.45) is 5.41 Å². The highest BCUT2D eigenvalue weighted by Crippen LogP contribution is 2.46. The summed E-state index contributed by atoms with van der Waals surface area (Å²) in [6, 6.07) is 0.